The van der Waals surface area contributed by atoms with Gasteiger partial charge < -0.3 is 25.2 Å². The van der Waals surface area contributed by atoms with Crippen molar-refractivity contribution in [1.82, 2.24) is 15.5 Å². The number of piperazine rings is 1. The van der Waals surface area contributed by atoms with Crippen molar-refractivity contribution in [3.8, 4) is 0 Å². The molecule has 28 heavy (non-hydrogen) atoms. The van der Waals surface area contributed by atoms with Crippen LogP contribution < -0.4 is 15.5 Å². The molecule has 0 aliphatic carbocycles. The normalized spacial score (nSPS) is 20.8. The third-order valence-electron chi connectivity index (χ3n) is 5.10. The number of rotatable bonds is 5. The average Bonchev–Trinajstić information content (AvgIpc) is 3.22. The highest BCUT2D eigenvalue weighted by Gasteiger charge is 2.25. The highest BCUT2D eigenvalue weighted by Crippen LogP contribution is 2.27. The first-order chi connectivity index (χ1) is 13.4. The predicted octanol–water partition coefficient (Wildman–Crippen LogP) is 2.51. The Morgan fingerprint density at radius 3 is 2.61 bits per heavy atom. The Balaban J connectivity index is 1.42. The predicted molar refractivity (Wildman–Crippen MR) is 110 cm³/mol. The standard InChI is InChI=1S/C19H26Cl2N4O3/c1-13(18(26)22-12-15-3-2-10-28-15)23-19(27)25-8-6-24(7-9-25)14-4-5-16(20)17(21)11-14/h4-5,11,13,15H,2-3,6-10,12H2,1H3,(H,22,26)(H,23,27)/t13-,15+/m0/s1. The second-order valence-electron chi connectivity index (χ2n) is 7.12. The molecule has 2 aliphatic heterocycles. The van der Waals surface area contributed by atoms with E-state index in [1.165, 1.54) is 0 Å². The fourth-order valence-corrected chi connectivity index (χ4v) is 3.66. The molecule has 3 rings (SSSR count). The first-order valence-corrected chi connectivity index (χ1v) is 10.3. The number of nitrogens with one attached hydrogen (secondary N) is 2. The van der Waals surface area contributed by atoms with Gasteiger partial charge in [-0.3, -0.25) is 4.79 Å². The molecule has 0 spiro atoms. The molecule has 0 radical (unpaired) electrons. The Morgan fingerprint density at radius 1 is 1.21 bits per heavy atom. The first-order valence-electron chi connectivity index (χ1n) is 9.59. The minimum atomic E-state index is -0.595. The van der Waals surface area contributed by atoms with Gasteiger partial charge in [0, 0.05) is 45.0 Å². The van der Waals surface area contributed by atoms with E-state index in [4.69, 9.17) is 27.9 Å². The van der Waals surface area contributed by atoms with Gasteiger partial charge in [0.2, 0.25) is 5.91 Å². The number of hydrogen-bond donors (Lipinski definition) is 2. The van der Waals surface area contributed by atoms with Crippen molar-refractivity contribution < 1.29 is 14.3 Å². The summed E-state index contributed by atoms with van der Waals surface area (Å²) in [4.78, 5) is 28.5. The van der Waals surface area contributed by atoms with E-state index in [-0.39, 0.29) is 18.0 Å². The molecule has 3 amide bonds. The molecule has 0 unspecified atom stereocenters. The average molecular weight is 429 g/mol. The lowest BCUT2D eigenvalue weighted by atomic mass is 10.2. The van der Waals surface area contributed by atoms with Crippen LogP contribution in [0.2, 0.25) is 10.0 Å². The number of amides is 3. The Morgan fingerprint density at radius 2 is 1.96 bits per heavy atom. The van der Waals surface area contributed by atoms with E-state index in [1.54, 1.807) is 17.9 Å². The molecule has 1 aromatic rings. The molecule has 2 heterocycles. The SMILES string of the molecule is C[C@H](NC(=O)N1CCN(c2ccc(Cl)c(Cl)c2)CC1)C(=O)NC[C@H]1CCCO1. The molecule has 2 atom stereocenters. The lowest BCUT2D eigenvalue weighted by Gasteiger charge is -2.36. The molecule has 0 saturated carbocycles. The number of halogens is 2. The summed E-state index contributed by atoms with van der Waals surface area (Å²) < 4.78 is 5.49. The lowest BCUT2D eigenvalue weighted by Crippen LogP contribution is -2.55. The Labute approximate surface area is 175 Å². The van der Waals surface area contributed by atoms with Gasteiger partial charge in [0.25, 0.3) is 0 Å². The number of carbonyl (C=O) groups excluding carboxylic acids is 2. The van der Waals surface area contributed by atoms with Crippen LogP contribution in [0.1, 0.15) is 19.8 Å². The number of anilines is 1. The second kappa shape index (κ2) is 9.67. The number of benzene rings is 1. The van der Waals surface area contributed by atoms with E-state index in [2.05, 4.69) is 15.5 Å². The maximum Gasteiger partial charge on any atom is 0.318 e. The van der Waals surface area contributed by atoms with Gasteiger partial charge in [0.15, 0.2) is 0 Å². The van der Waals surface area contributed by atoms with Crippen molar-refractivity contribution in [2.75, 3.05) is 44.2 Å². The molecular weight excluding hydrogens is 403 g/mol. The van der Waals surface area contributed by atoms with Crippen LogP contribution in [0, 0.1) is 0 Å². The number of hydrogen-bond acceptors (Lipinski definition) is 4. The van der Waals surface area contributed by atoms with E-state index in [0.29, 0.717) is 42.8 Å². The third-order valence-corrected chi connectivity index (χ3v) is 5.84. The highest BCUT2D eigenvalue weighted by molar-refractivity contribution is 6.42. The molecule has 2 saturated heterocycles. The third kappa shape index (κ3) is 5.43. The van der Waals surface area contributed by atoms with Crippen molar-refractivity contribution in [1.29, 1.82) is 0 Å². The number of ether oxygens (including phenoxy) is 1. The van der Waals surface area contributed by atoms with Crippen molar-refractivity contribution >= 4 is 40.8 Å². The molecule has 2 N–H and O–H groups in total. The summed E-state index contributed by atoms with van der Waals surface area (Å²) in [5.41, 5.74) is 0.983. The summed E-state index contributed by atoms with van der Waals surface area (Å²) in [5, 5.41) is 6.65. The molecule has 9 heteroatoms. The van der Waals surface area contributed by atoms with Gasteiger partial charge in [-0.15, -0.1) is 0 Å². The van der Waals surface area contributed by atoms with Crippen LogP contribution in [-0.4, -0.2) is 68.3 Å². The lowest BCUT2D eigenvalue weighted by molar-refractivity contribution is -0.123. The maximum atomic E-state index is 12.5. The molecule has 1 aromatic carbocycles. The van der Waals surface area contributed by atoms with E-state index in [9.17, 15) is 9.59 Å². The van der Waals surface area contributed by atoms with Crippen LogP contribution in [0.25, 0.3) is 0 Å². The molecule has 154 valence electrons. The number of nitrogens with zero attached hydrogens (tertiary/aromatic N) is 2. The van der Waals surface area contributed by atoms with Gasteiger partial charge in [-0.05, 0) is 38.0 Å². The summed E-state index contributed by atoms with van der Waals surface area (Å²) in [5.74, 6) is -0.196. The van der Waals surface area contributed by atoms with Crippen LogP contribution >= 0.6 is 23.2 Å². The minimum Gasteiger partial charge on any atom is -0.376 e. The van der Waals surface area contributed by atoms with Crippen LogP contribution in [0.15, 0.2) is 18.2 Å². The van der Waals surface area contributed by atoms with Crippen molar-refractivity contribution in [2.24, 2.45) is 0 Å². The Bertz CT molecular complexity index is 704. The van der Waals surface area contributed by atoms with Crippen LogP contribution in [0.3, 0.4) is 0 Å². The van der Waals surface area contributed by atoms with Crippen LogP contribution in [-0.2, 0) is 9.53 Å². The number of urea groups is 1. The summed E-state index contributed by atoms with van der Waals surface area (Å²) in [6, 6.07) is 4.70. The van der Waals surface area contributed by atoms with Gasteiger partial charge in [0.1, 0.15) is 6.04 Å². The van der Waals surface area contributed by atoms with Crippen molar-refractivity contribution in [3.05, 3.63) is 28.2 Å². The van der Waals surface area contributed by atoms with Crippen LogP contribution in [0.4, 0.5) is 10.5 Å². The van der Waals surface area contributed by atoms with E-state index in [0.717, 1.165) is 25.1 Å². The monoisotopic (exact) mass is 428 g/mol. The molecule has 7 nitrogen and oxygen atoms in total. The smallest absolute Gasteiger partial charge is 0.318 e. The largest absolute Gasteiger partial charge is 0.376 e. The number of carbonyl (C=O) groups is 2. The summed E-state index contributed by atoms with van der Waals surface area (Å²) >= 11 is 12.1. The van der Waals surface area contributed by atoms with Gasteiger partial charge in [-0.2, -0.15) is 0 Å². The molecule has 2 fully saturated rings. The molecule has 2 aliphatic rings. The summed E-state index contributed by atoms with van der Waals surface area (Å²) in [6.07, 6.45) is 2.08. The molecular formula is C19H26Cl2N4O3. The van der Waals surface area contributed by atoms with E-state index in [1.807, 2.05) is 12.1 Å². The zero-order valence-electron chi connectivity index (χ0n) is 15.9. The zero-order chi connectivity index (χ0) is 20.1. The Kier molecular flexibility index (Phi) is 7.26. The maximum absolute atomic E-state index is 12.5. The van der Waals surface area contributed by atoms with Gasteiger partial charge in [-0.1, -0.05) is 23.2 Å². The quantitative estimate of drug-likeness (QED) is 0.755. The fraction of sp³-hybridized carbons (Fsp3) is 0.579. The second-order valence-corrected chi connectivity index (χ2v) is 7.94. The van der Waals surface area contributed by atoms with E-state index >= 15 is 0 Å². The molecule has 0 bridgehead atoms. The van der Waals surface area contributed by atoms with Crippen LogP contribution in [0.5, 0.6) is 0 Å². The fourth-order valence-electron chi connectivity index (χ4n) is 3.36. The van der Waals surface area contributed by atoms with E-state index < -0.39 is 6.04 Å². The van der Waals surface area contributed by atoms with Crippen molar-refractivity contribution in [2.45, 2.75) is 31.9 Å². The highest BCUT2D eigenvalue weighted by atomic mass is 35.5. The topological polar surface area (TPSA) is 73.9 Å². The van der Waals surface area contributed by atoms with Crippen molar-refractivity contribution in [3.63, 3.8) is 0 Å². The Hall–Kier alpha value is -1.70. The minimum absolute atomic E-state index is 0.0845. The van der Waals surface area contributed by atoms with Gasteiger partial charge in [0.05, 0.1) is 16.1 Å². The zero-order valence-corrected chi connectivity index (χ0v) is 17.4. The molecule has 0 aromatic heterocycles. The van der Waals surface area contributed by atoms with Gasteiger partial charge in [-0.25, -0.2) is 4.79 Å². The first kappa shape index (κ1) is 21.0. The summed E-state index contributed by atoms with van der Waals surface area (Å²) in [7, 11) is 0. The summed E-state index contributed by atoms with van der Waals surface area (Å²) in [6.45, 7) is 5.43. The van der Waals surface area contributed by atoms with Gasteiger partial charge >= 0.3 is 6.03 Å².